The van der Waals surface area contributed by atoms with E-state index in [1.807, 2.05) is 13.0 Å². The van der Waals surface area contributed by atoms with Crippen molar-refractivity contribution in [2.75, 3.05) is 0 Å². The minimum Gasteiger partial charge on any atom is -0.266 e. The predicted molar refractivity (Wildman–Crippen MR) is 112 cm³/mol. The zero-order chi connectivity index (χ0) is 22.5. The molecule has 0 unspecified atom stereocenters. The van der Waals surface area contributed by atoms with Crippen molar-refractivity contribution in [1.29, 1.82) is 5.26 Å². The molecule has 1 aromatic heterocycles. The van der Waals surface area contributed by atoms with Gasteiger partial charge in [-0.05, 0) is 43.7 Å². The SMILES string of the molecule is Cc1ccc(-n2nc(C(=O)N/N=C/c3ccc([N+](=O)[O-])cc3)c(C)c(C#N)c2=O)cc1. The molecule has 1 heterocycles. The van der Waals surface area contributed by atoms with Crippen LogP contribution in [0.2, 0.25) is 0 Å². The van der Waals surface area contributed by atoms with Crippen molar-refractivity contribution in [1.82, 2.24) is 15.2 Å². The molecule has 154 valence electrons. The largest absolute Gasteiger partial charge is 0.292 e. The lowest BCUT2D eigenvalue weighted by Gasteiger charge is -2.10. The number of hydrogen-bond acceptors (Lipinski definition) is 7. The molecule has 0 aliphatic heterocycles. The number of nitrogens with zero attached hydrogens (tertiary/aromatic N) is 5. The van der Waals surface area contributed by atoms with Crippen molar-refractivity contribution in [3.8, 4) is 11.8 Å². The molecule has 0 aliphatic carbocycles. The Kier molecular flexibility index (Phi) is 5.97. The van der Waals surface area contributed by atoms with Gasteiger partial charge in [-0.2, -0.15) is 20.1 Å². The van der Waals surface area contributed by atoms with E-state index in [1.165, 1.54) is 37.4 Å². The van der Waals surface area contributed by atoms with E-state index in [0.717, 1.165) is 10.2 Å². The summed E-state index contributed by atoms with van der Waals surface area (Å²) in [6.07, 6.45) is 1.30. The molecule has 0 atom stereocenters. The van der Waals surface area contributed by atoms with Gasteiger partial charge < -0.3 is 0 Å². The molecule has 10 nitrogen and oxygen atoms in total. The molecule has 2 aromatic carbocycles. The maximum Gasteiger partial charge on any atom is 0.292 e. The van der Waals surface area contributed by atoms with Crippen LogP contribution in [0.15, 0.2) is 58.4 Å². The Balaban J connectivity index is 1.90. The minimum atomic E-state index is -0.715. The number of rotatable bonds is 5. The highest BCUT2D eigenvalue weighted by Crippen LogP contribution is 2.12. The van der Waals surface area contributed by atoms with Crippen LogP contribution in [0.4, 0.5) is 5.69 Å². The van der Waals surface area contributed by atoms with Gasteiger partial charge in [-0.15, -0.1) is 0 Å². The Morgan fingerprint density at radius 3 is 2.42 bits per heavy atom. The Hall–Kier alpha value is -4.65. The molecule has 1 amide bonds. The summed E-state index contributed by atoms with van der Waals surface area (Å²) in [7, 11) is 0. The van der Waals surface area contributed by atoms with Crippen LogP contribution < -0.4 is 11.0 Å². The van der Waals surface area contributed by atoms with E-state index in [2.05, 4.69) is 15.6 Å². The first-order chi connectivity index (χ1) is 14.8. The fraction of sp³-hybridized carbons (Fsp3) is 0.0952. The van der Waals surface area contributed by atoms with Crippen LogP contribution >= 0.6 is 0 Å². The molecule has 0 saturated heterocycles. The number of nitriles is 1. The second kappa shape index (κ2) is 8.79. The molecular weight excluding hydrogens is 400 g/mol. The number of hydrazone groups is 1. The van der Waals surface area contributed by atoms with Crippen molar-refractivity contribution in [2.45, 2.75) is 13.8 Å². The highest BCUT2D eigenvalue weighted by molar-refractivity contribution is 5.94. The lowest BCUT2D eigenvalue weighted by Crippen LogP contribution is -2.31. The predicted octanol–water partition coefficient (Wildman–Crippen LogP) is 2.39. The van der Waals surface area contributed by atoms with E-state index in [9.17, 15) is 25.0 Å². The first-order valence-corrected chi connectivity index (χ1v) is 9.00. The average molecular weight is 416 g/mol. The molecule has 0 spiro atoms. The fourth-order valence-electron chi connectivity index (χ4n) is 2.71. The van der Waals surface area contributed by atoms with Gasteiger partial charge in [0, 0.05) is 17.7 Å². The number of hydrogen-bond donors (Lipinski definition) is 1. The number of amides is 1. The Labute approximate surface area is 176 Å². The quantitative estimate of drug-likeness (QED) is 0.384. The van der Waals surface area contributed by atoms with Gasteiger partial charge in [0.15, 0.2) is 5.69 Å². The van der Waals surface area contributed by atoms with E-state index < -0.39 is 16.4 Å². The molecule has 0 saturated carbocycles. The molecule has 0 bridgehead atoms. The molecule has 1 N–H and O–H groups in total. The standard InChI is InChI=1S/C21H16N6O4/c1-13-3-7-16(8-4-13)26-21(29)18(11-22)14(2)19(25-26)20(28)24-23-12-15-5-9-17(10-6-15)27(30)31/h3-10,12H,1-2H3,(H,24,28)/b23-12+. The van der Waals surface area contributed by atoms with Gasteiger partial charge in [0.1, 0.15) is 11.6 Å². The number of benzene rings is 2. The summed E-state index contributed by atoms with van der Waals surface area (Å²) in [5, 5.41) is 28.0. The van der Waals surface area contributed by atoms with Crippen LogP contribution in [-0.2, 0) is 0 Å². The summed E-state index contributed by atoms with van der Waals surface area (Å²) < 4.78 is 1.000. The number of carbonyl (C=O) groups excluding carboxylic acids is 1. The Morgan fingerprint density at radius 2 is 1.84 bits per heavy atom. The average Bonchev–Trinajstić information content (AvgIpc) is 2.75. The van der Waals surface area contributed by atoms with Gasteiger partial charge in [0.25, 0.3) is 17.2 Å². The molecule has 0 fully saturated rings. The maximum atomic E-state index is 12.6. The first kappa shape index (κ1) is 21.1. The van der Waals surface area contributed by atoms with Crippen molar-refractivity contribution in [3.05, 3.63) is 96.9 Å². The maximum absolute atomic E-state index is 12.6. The van der Waals surface area contributed by atoms with Gasteiger partial charge in [-0.25, -0.2) is 5.43 Å². The second-order valence-electron chi connectivity index (χ2n) is 6.56. The van der Waals surface area contributed by atoms with Gasteiger partial charge >= 0.3 is 0 Å². The van der Waals surface area contributed by atoms with Gasteiger partial charge in [0.05, 0.1) is 16.8 Å². The van der Waals surface area contributed by atoms with Crippen LogP contribution in [0, 0.1) is 35.3 Å². The zero-order valence-electron chi connectivity index (χ0n) is 16.6. The van der Waals surface area contributed by atoms with Crippen LogP contribution in [-0.4, -0.2) is 26.8 Å². The summed E-state index contributed by atoms with van der Waals surface area (Å²) in [5.41, 5.74) is 3.33. The van der Waals surface area contributed by atoms with E-state index in [-0.39, 0.29) is 22.5 Å². The lowest BCUT2D eigenvalue weighted by atomic mass is 10.1. The van der Waals surface area contributed by atoms with E-state index >= 15 is 0 Å². The van der Waals surface area contributed by atoms with E-state index in [0.29, 0.717) is 11.3 Å². The second-order valence-corrected chi connectivity index (χ2v) is 6.56. The number of nitro benzene ring substituents is 1. The first-order valence-electron chi connectivity index (χ1n) is 9.00. The molecule has 0 aliphatic rings. The number of carbonyl (C=O) groups is 1. The summed E-state index contributed by atoms with van der Waals surface area (Å²) >= 11 is 0. The van der Waals surface area contributed by atoms with Crippen molar-refractivity contribution in [2.24, 2.45) is 5.10 Å². The minimum absolute atomic E-state index is 0.0663. The molecule has 3 rings (SSSR count). The lowest BCUT2D eigenvalue weighted by molar-refractivity contribution is -0.384. The van der Waals surface area contributed by atoms with Gasteiger partial charge in [-0.3, -0.25) is 19.7 Å². The number of nitrogens with one attached hydrogen (secondary N) is 1. The highest BCUT2D eigenvalue weighted by atomic mass is 16.6. The Morgan fingerprint density at radius 1 is 1.19 bits per heavy atom. The van der Waals surface area contributed by atoms with E-state index in [1.54, 1.807) is 24.3 Å². The van der Waals surface area contributed by atoms with Crippen LogP contribution in [0.25, 0.3) is 5.69 Å². The zero-order valence-corrected chi connectivity index (χ0v) is 16.6. The third-order valence-corrected chi connectivity index (χ3v) is 4.43. The van der Waals surface area contributed by atoms with Crippen molar-refractivity contribution >= 4 is 17.8 Å². The number of non-ortho nitro benzene ring substituents is 1. The highest BCUT2D eigenvalue weighted by Gasteiger charge is 2.20. The van der Waals surface area contributed by atoms with Crippen molar-refractivity contribution in [3.63, 3.8) is 0 Å². The van der Waals surface area contributed by atoms with Gasteiger partial charge in [0.2, 0.25) is 0 Å². The van der Waals surface area contributed by atoms with Crippen LogP contribution in [0.3, 0.4) is 0 Å². The summed E-state index contributed by atoms with van der Waals surface area (Å²) in [5.74, 6) is -0.715. The molecule has 31 heavy (non-hydrogen) atoms. The molecular formula is C21H16N6O4. The number of aromatic nitrogens is 2. The Bertz CT molecular complexity index is 1290. The summed E-state index contributed by atoms with van der Waals surface area (Å²) in [6.45, 7) is 3.35. The number of nitro groups is 1. The number of aryl methyl sites for hydroxylation is 1. The molecule has 3 aromatic rings. The summed E-state index contributed by atoms with van der Waals surface area (Å²) in [6, 6.07) is 14.3. The fourth-order valence-corrected chi connectivity index (χ4v) is 2.71. The molecule has 0 radical (unpaired) electrons. The molecule has 10 heteroatoms. The van der Waals surface area contributed by atoms with Crippen molar-refractivity contribution < 1.29 is 9.72 Å². The van der Waals surface area contributed by atoms with E-state index in [4.69, 9.17) is 0 Å². The smallest absolute Gasteiger partial charge is 0.266 e. The monoisotopic (exact) mass is 416 g/mol. The normalized spacial score (nSPS) is 10.6. The third-order valence-electron chi connectivity index (χ3n) is 4.43. The summed E-state index contributed by atoms with van der Waals surface area (Å²) in [4.78, 5) is 35.4. The van der Waals surface area contributed by atoms with Gasteiger partial charge in [-0.1, -0.05) is 17.7 Å². The topological polar surface area (TPSA) is 143 Å². The van der Waals surface area contributed by atoms with Crippen LogP contribution in [0.1, 0.15) is 32.7 Å². The third kappa shape index (κ3) is 4.51. The van der Waals surface area contributed by atoms with Crippen LogP contribution in [0.5, 0.6) is 0 Å².